The molecule has 7 heteroatoms. The van der Waals surface area contributed by atoms with Crippen molar-refractivity contribution in [3.63, 3.8) is 0 Å². The summed E-state index contributed by atoms with van der Waals surface area (Å²) >= 11 is 0. The number of nitrogens with one attached hydrogen (secondary N) is 1. The van der Waals surface area contributed by atoms with Crippen molar-refractivity contribution in [2.24, 2.45) is 0 Å². The van der Waals surface area contributed by atoms with Gasteiger partial charge >= 0.3 is 0 Å². The van der Waals surface area contributed by atoms with E-state index in [1.54, 1.807) is 21.1 Å². The second-order valence-corrected chi connectivity index (χ2v) is 3.95. The topological polar surface area (TPSA) is 91.5 Å². The fourth-order valence-electron chi connectivity index (χ4n) is 1.45. The van der Waals surface area contributed by atoms with Crippen molar-refractivity contribution in [3.05, 3.63) is 5.82 Å². The molecule has 0 amide bonds. The Bertz CT molecular complexity index is 387. The molecule has 0 radical (unpaired) electrons. The van der Waals surface area contributed by atoms with Gasteiger partial charge in [0, 0.05) is 27.4 Å². The Kier molecular flexibility index (Phi) is 6.91. The summed E-state index contributed by atoms with van der Waals surface area (Å²) in [6.07, 6.45) is 0.874. The highest BCUT2D eigenvalue weighted by atomic mass is 16.5. The highest BCUT2D eigenvalue weighted by molar-refractivity contribution is 5.66. The summed E-state index contributed by atoms with van der Waals surface area (Å²) in [6, 6.07) is 0. The van der Waals surface area contributed by atoms with Crippen molar-refractivity contribution < 1.29 is 14.2 Å². The van der Waals surface area contributed by atoms with Gasteiger partial charge in [0.25, 0.3) is 0 Å². The zero-order chi connectivity index (χ0) is 14.1. The molecular formula is C12H22N4O3. The number of nitrogens with two attached hydrogens (primary N) is 1. The highest BCUT2D eigenvalue weighted by Crippen LogP contribution is 2.25. The van der Waals surface area contributed by atoms with Gasteiger partial charge in [-0.25, -0.2) is 4.98 Å². The normalized spacial score (nSPS) is 10.5. The van der Waals surface area contributed by atoms with Crippen LogP contribution in [0.2, 0.25) is 0 Å². The Morgan fingerprint density at radius 3 is 2.53 bits per heavy atom. The van der Waals surface area contributed by atoms with Gasteiger partial charge in [-0.05, 0) is 13.3 Å². The van der Waals surface area contributed by atoms with Crippen molar-refractivity contribution in [2.45, 2.75) is 13.3 Å². The van der Waals surface area contributed by atoms with E-state index in [1.807, 2.05) is 0 Å². The zero-order valence-corrected chi connectivity index (χ0v) is 11.7. The fourth-order valence-corrected chi connectivity index (χ4v) is 1.45. The second-order valence-electron chi connectivity index (χ2n) is 3.95. The Morgan fingerprint density at radius 2 is 1.84 bits per heavy atom. The monoisotopic (exact) mass is 270 g/mol. The fraction of sp³-hybridized carbons (Fsp3) is 0.667. The van der Waals surface area contributed by atoms with Crippen molar-refractivity contribution >= 4 is 11.5 Å². The molecule has 108 valence electrons. The molecule has 1 heterocycles. The van der Waals surface area contributed by atoms with Gasteiger partial charge < -0.3 is 25.3 Å². The van der Waals surface area contributed by atoms with E-state index in [0.717, 1.165) is 13.0 Å². The summed E-state index contributed by atoms with van der Waals surface area (Å²) < 4.78 is 15.4. The Labute approximate surface area is 113 Å². The van der Waals surface area contributed by atoms with Crippen LogP contribution in [0.1, 0.15) is 12.2 Å². The van der Waals surface area contributed by atoms with Crippen molar-refractivity contribution in [1.82, 2.24) is 9.97 Å². The summed E-state index contributed by atoms with van der Waals surface area (Å²) in [5.41, 5.74) is 6.38. The third kappa shape index (κ3) is 5.27. The molecule has 7 nitrogen and oxygen atoms in total. The Balaban J connectivity index is 2.64. The maximum absolute atomic E-state index is 5.96. The smallest absolute Gasteiger partial charge is 0.242 e. The van der Waals surface area contributed by atoms with Crippen LogP contribution in [0.5, 0.6) is 5.88 Å². The third-order valence-electron chi connectivity index (χ3n) is 2.37. The van der Waals surface area contributed by atoms with Crippen LogP contribution in [0.3, 0.4) is 0 Å². The molecule has 0 atom stereocenters. The zero-order valence-electron chi connectivity index (χ0n) is 11.7. The lowest BCUT2D eigenvalue weighted by atomic mass is 10.4. The largest absolute Gasteiger partial charge is 0.474 e. The lowest BCUT2D eigenvalue weighted by molar-refractivity contribution is 0.144. The van der Waals surface area contributed by atoms with E-state index >= 15 is 0 Å². The molecule has 0 saturated heterocycles. The molecule has 0 fully saturated rings. The molecule has 0 unspecified atom stereocenters. The van der Waals surface area contributed by atoms with Crippen LogP contribution in [-0.4, -0.2) is 50.6 Å². The molecule has 3 N–H and O–H groups in total. The molecule has 0 aliphatic heterocycles. The van der Waals surface area contributed by atoms with Crippen LogP contribution >= 0.6 is 0 Å². The van der Waals surface area contributed by atoms with Crippen LogP contribution in [0.15, 0.2) is 0 Å². The molecule has 0 spiro atoms. The lowest BCUT2D eigenvalue weighted by Crippen LogP contribution is -2.13. The first kappa shape index (κ1) is 15.5. The standard InChI is InChI=1S/C12H22N4O3/c1-9-15-11(14-5-4-6-17-2)10(13)12(16-9)19-8-7-18-3/h4-8,13H2,1-3H3,(H,14,15,16). The van der Waals surface area contributed by atoms with E-state index in [1.165, 1.54) is 0 Å². The molecule has 1 rings (SSSR count). The molecule has 0 aromatic carbocycles. The van der Waals surface area contributed by atoms with E-state index in [-0.39, 0.29) is 0 Å². The van der Waals surface area contributed by atoms with Gasteiger partial charge in [-0.15, -0.1) is 0 Å². The third-order valence-corrected chi connectivity index (χ3v) is 2.37. The summed E-state index contributed by atoms with van der Waals surface area (Å²) in [4.78, 5) is 8.43. The van der Waals surface area contributed by atoms with Gasteiger partial charge in [0.2, 0.25) is 5.88 Å². The minimum atomic E-state index is 0.388. The van der Waals surface area contributed by atoms with Gasteiger partial charge in [0.05, 0.1) is 6.61 Å². The minimum absolute atomic E-state index is 0.388. The number of hydrogen-bond acceptors (Lipinski definition) is 7. The summed E-state index contributed by atoms with van der Waals surface area (Å²) in [5, 5.41) is 3.15. The molecule has 0 saturated carbocycles. The quantitative estimate of drug-likeness (QED) is 0.642. The van der Waals surface area contributed by atoms with E-state index in [9.17, 15) is 0 Å². The first-order valence-corrected chi connectivity index (χ1v) is 6.17. The number of hydrogen-bond donors (Lipinski definition) is 2. The van der Waals surface area contributed by atoms with Crippen LogP contribution in [0.25, 0.3) is 0 Å². The number of ether oxygens (including phenoxy) is 3. The molecule has 19 heavy (non-hydrogen) atoms. The average Bonchev–Trinajstić information content (AvgIpc) is 2.39. The minimum Gasteiger partial charge on any atom is -0.474 e. The number of anilines is 2. The number of nitrogens with zero attached hydrogens (tertiary/aromatic N) is 2. The van der Waals surface area contributed by atoms with E-state index in [4.69, 9.17) is 19.9 Å². The van der Waals surface area contributed by atoms with Crippen molar-refractivity contribution in [1.29, 1.82) is 0 Å². The summed E-state index contributed by atoms with van der Waals surface area (Å²) in [6.45, 7) is 4.10. The summed E-state index contributed by atoms with van der Waals surface area (Å²) in [5.74, 6) is 1.59. The number of methoxy groups -OCH3 is 2. The van der Waals surface area contributed by atoms with Gasteiger partial charge in [-0.1, -0.05) is 0 Å². The molecule has 0 bridgehead atoms. The SMILES string of the molecule is COCCCNc1nc(C)nc(OCCOC)c1N. The van der Waals surface area contributed by atoms with Crippen molar-refractivity contribution in [2.75, 3.05) is 51.6 Å². The number of rotatable bonds is 9. The molecular weight excluding hydrogens is 248 g/mol. The first-order valence-electron chi connectivity index (χ1n) is 6.17. The molecule has 0 aliphatic rings. The number of aryl methyl sites for hydroxylation is 1. The Morgan fingerprint density at radius 1 is 1.11 bits per heavy atom. The average molecular weight is 270 g/mol. The second kappa shape index (κ2) is 8.49. The molecule has 1 aromatic rings. The van der Waals surface area contributed by atoms with Crippen LogP contribution in [-0.2, 0) is 9.47 Å². The molecule has 1 aromatic heterocycles. The predicted octanol–water partition coefficient (Wildman–Crippen LogP) is 0.841. The van der Waals surface area contributed by atoms with Crippen LogP contribution in [0, 0.1) is 6.92 Å². The van der Waals surface area contributed by atoms with E-state index in [0.29, 0.717) is 43.0 Å². The predicted molar refractivity (Wildman–Crippen MR) is 73.5 cm³/mol. The maximum atomic E-state index is 5.96. The van der Waals surface area contributed by atoms with Gasteiger partial charge in [-0.2, -0.15) is 4.98 Å². The van der Waals surface area contributed by atoms with Crippen molar-refractivity contribution in [3.8, 4) is 5.88 Å². The van der Waals surface area contributed by atoms with Gasteiger partial charge in [0.15, 0.2) is 5.82 Å². The van der Waals surface area contributed by atoms with Gasteiger partial charge in [0.1, 0.15) is 18.1 Å². The van der Waals surface area contributed by atoms with Gasteiger partial charge in [-0.3, -0.25) is 0 Å². The van der Waals surface area contributed by atoms with Crippen LogP contribution < -0.4 is 15.8 Å². The first-order chi connectivity index (χ1) is 9.19. The lowest BCUT2D eigenvalue weighted by Gasteiger charge is -2.13. The number of aromatic nitrogens is 2. The highest BCUT2D eigenvalue weighted by Gasteiger charge is 2.11. The van der Waals surface area contributed by atoms with E-state index < -0.39 is 0 Å². The van der Waals surface area contributed by atoms with Crippen LogP contribution in [0.4, 0.5) is 11.5 Å². The summed E-state index contributed by atoms with van der Waals surface area (Å²) in [7, 11) is 3.28. The maximum Gasteiger partial charge on any atom is 0.242 e. The number of nitrogen functional groups attached to an aromatic ring is 1. The Hall–Kier alpha value is -1.60. The molecule has 0 aliphatic carbocycles. The van der Waals surface area contributed by atoms with E-state index in [2.05, 4.69) is 15.3 Å².